The summed E-state index contributed by atoms with van der Waals surface area (Å²) in [6, 6.07) is 12.5. The zero-order valence-corrected chi connectivity index (χ0v) is 15.1. The van der Waals surface area contributed by atoms with E-state index in [1.54, 1.807) is 31.2 Å². The molecule has 0 saturated heterocycles. The molecule has 136 valence electrons. The second-order valence-electron chi connectivity index (χ2n) is 5.65. The number of esters is 1. The smallest absolute Gasteiger partial charge is 0.338 e. The number of hydrazone groups is 1. The van der Waals surface area contributed by atoms with Gasteiger partial charge in [0.15, 0.2) is 6.61 Å². The fourth-order valence-corrected chi connectivity index (χ4v) is 2.30. The fourth-order valence-electron chi connectivity index (χ4n) is 2.30. The van der Waals surface area contributed by atoms with E-state index in [0.717, 1.165) is 16.7 Å². The molecule has 0 radical (unpaired) electrons. The average molecular weight is 354 g/mol. The number of ether oxygens (including phenoxy) is 2. The largest absolute Gasteiger partial charge is 0.483 e. The van der Waals surface area contributed by atoms with E-state index in [1.165, 1.54) is 6.21 Å². The molecule has 2 aromatic carbocycles. The molecule has 0 unspecified atom stereocenters. The number of para-hydroxylation sites is 1. The third-order valence-electron chi connectivity index (χ3n) is 3.58. The van der Waals surface area contributed by atoms with Crippen molar-refractivity contribution in [2.24, 2.45) is 5.10 Å². The van der Waals surface area contributed by atoms with Crippen LogP contribution in [0.1, 0.15) is 34.0 Å². The first-order valence-corrected chi connectivity index (χ1v) is 8.29. The van der Waals surface area contributed by atoms with Crippen LogP contribution in [0.4, 0.5) is 0 Å². The van der Waals surface area contributed by atoms with Gasteiger partial charge in [-0.1, -0.05) is 30.3 Å². The summed E-state index contributed by atoms with van der Waals surface area (Å²) in [6.45, 7) is 5.82. The Kier molecular flexibility index (Phi) is 6.91. The number of carbonyl (C=O) groups is 2. The second kappa shape index (κ2) is 9.36. The van der Waals surface area contributed by atoms with Gasteiger partial charge in [-0.05, 0) is 49.6 Å². The Labute approximate surface area is 152 Å². The standard InChI is InChI=1S/C20H22N2O4/c1-4-25-20(24)17-10-8-16(9-11-17)12-21-22-18(23)13-26-19-14(2)6-5-7-15(19)3/h5-12H,4,13H2,1-3H3,(H,22,23)/b21-12-. The third kappa shape index (κ3) is 5.44. The van der Waals surface area contributed by atoms with Gasteiger partial charge in [0, 0.05) is 0 Å². The van der Waals surface area contributed by atoms with Gasteiger partial charge >= 0.3 is 5.97 Å². The molecule has 0 spiro atoms. The van der Waals surface area contributed by atoms with Crippen LogP contribution in [-0.4, -0.2) is 31.3 Å². The van der Waals surface area contributed by atoms with E-state index >= 15 is 0 Å². The minimum absolute atomic E-state index is 0.120. The van der Waals surface area contributed by atoms with Crippen LogP contribution in [0, 0.1) is 13.8 Å². The predicted octanol–water partition coefficient (Wildman–Crippen LogP) is 3.01. The van der Waals surface area contributed by atoms with E-state index in [1.807, 2.05) is 32.0 Å². The van der Waals surface area contributed by atoms with Gasteiger partial charge in [0.25, 0.3) is 5.91 Å². The van der Waals surface area contributed by atoms with E-state index in [2.05, 4.69) is 10.5 Å². The van der Waals surface area contributed by atoms with Crippen molar-refractivity contribution in [2.75, 3.05) is 13.2 Å². The molecule has 0 bridgehead atoms. The molecule has 26 heavy (non-hydrogen) atoms. The molecular weight excluding hydrogens is 332 g/mol. The summed E-state index contributed by atoms with van der Waals surface area (Å²) >= 11 is 0. The molecule has 2 aromatic rings. The number of aryl methyl sites for hydroxylation is 2. The topological polar surface area (TPSA) is 77.0 Å². The maximum atomic E-state index is 11.8. The number of amides is 1. The summed E-state index contributed by atoms with van der Waals surface area (Å²) in [6.07, 6.45) is 1.49. The molecular formula is C20H22N2O4. The van der Waals surface area contributed by atoms with E-state index in [0.29, 0.717) is 17.9 Å². The maximum absolute atomic E-state index is 11.8. The van der Waals surface area contributed by atoms with Crippen LogP contribution in [0.5, 0.6) is 5.75 Å². The van der Waals surface area contributed by atoms with Crippen LogP contribution >= 0.6 is 0 Å². The zero-order valence-electron chi connectivity index (χ0n) is 15.1. The molecule has 0 heterocycles. The highest BCUT2D eigenvalue weighted by Crippen LogP contribution is 2.21. The molecule has 0 aliphatic rings. The molecule has 6 nitrogen and oxygen atoms in total. The van der Waals surface area contributed by atoms with Crippen LogP contribution in [0.15, 0.2) is 47.6 Å². The minimum Gasteiger partial charge on any atom is -0.483 e. The first kappa shape index (κ1) is 19.2. The molecule has 0 aliphatic heterocycles. The van der Waals surface area contributed by atoms with Crippen molar-refractivity contribution in [3.8, 4) is 5.75 Å². The number of hydrogen-bond acceptors (Lipinski definition) is 5. The Morgan fingerprint density at radius 3 is 2.35 bits per heavy atom. The summed E-state index contributed by atoms with van der Waals surface area (Å²) < 4.78 is 10.5. The van der Waals surface area contributed by atoms with E-state index < -0.39 is 0 Å². The maximum Gasteiger partial charge on any atom is 0.338 e. The van der Waals surface area contributed by atoms with Gasteiger partial charge in [0.1, 0.15) is 5.75 Å². The highest BCUT2D eigenvalue weighted by molar-refractivity contribution is 5.91. The van der Waals surface area contributed by atoms with Crippen molar-refractivity contribution < 1.29 is 19.1 Å². The van der Waals surface area contributed by atoms with Crippen LogP contribution in [-0.2, 0) is 9.53 Å². The summed E-state index contributed by atoms with van der Waals surface area (Å²) in [5.41, 5.74) is 5.57. The Morgan fingerprint density at radius 2 is 1.73 bits per heavy atom. The van der Waals surface area contributed by atoms with Gasteiger partial charge in [0.2, 0.25) is 0 Å². The first-order valence-electron chi connectivity index (χ1n) is 8.29. The van der Waals surface area contributed by atoms with Gasteiger partial charge in [-0.15, -0.1) is 0 Å². The monoisotopic (exact) mass is 354 g/mol. The normalized spacial score (nSPS) is 10.6. The lowest BCUT2D eigenvalue weighted by molar-refractivity contribution is -0.123. The summed E-state index contributed by atoms with van der Waals surface area (Å²) in [5.74, 6) is -0.0128. The fraction of sp³-hybridized carbons (Fsp3) is 0.250. The molecule has 1 amide bonds. The second-order valence-corrected chi connectivity index (χ2v) is 5.65. The van der Waals surface area contributed by atoms with Gasteiger partial charge in [-0.3, -0.25) is 4.79 Å². The van der Waals surface area contributed by atoms with E-state index in [-0.39, 0.29) is 18.5 Å². The number of hydrogen-bond donors (Lipinski definition) is 1. The minimum atomic E-state index is -0.368. The van der Waals surface area contributed by atoms with E-state index in [4.69, 9.17) is 9.47 Å². The van der Waals surface area contributed by atoms with Gasteiger partial charge in [-0.25, -0.2) is 10.2 Å². The molecule has 0 aliphatic carbocycles. The molecule has 6 heteroatoms. The van der Waals surface area contributed by atoms with Crippen molar-refractivity contribution in [2.45, 2.75) is 20.8 Å². The summed E-state index contributed by atoms with van der Waals surface area (Å²) in [4.78, 5) is 23.4. The summed E-state index contributed by atoms with van der Waals surface area (Å²) in [7, 11) is 0. The van der Waals surface area contributed by atoms with Crippen LogP contribution in [0.2, 0.25) is 0 Å². The van der Waals surface area contributed by atoms with Crippen molar-refractivity contribution in [1.29, 1.82) is 0 Å². The molecule has 2 rings (SSSR count). The number of nitrogens with zero attached hydrogens (tertiary/aromatic N) is 1. The highest BCUT2D eigenvalue weighted by Gasteiger charge is 2.07. The Bertz CT molecular complexity index is 778. The quantitative estimate of drug-likeness (QED) is 0.471. The predicted molar refractivity (Wildman–Crippen MR) is 99.5 cm³/mol. The highest BCUT2D eigenvalue weighted by atomic mass is 16.5. The van der Waals surface area contributed by atoms with Crippen LogP contribution < -0.4 is 10.2 Å². The molecule has 1 N–H and O–H groups in total. The number of benzene rings is 2. The van der Waals surface area contributed by atoms with Crippen LogP contribution in [0.25, 0.3) is 0 Å². The van der Waals surface area contributed by atoms with Crippen molar-refractivity contribution >= 4 is 18.1 Å². The lowest BCUT2D eigenvalue weighted by Gasteiger charge is -2.10. The van der Waals surface area contributed by atoms with Crippen molar-refractivity contribution in [3.63, 3.8) is 0 Å². The molecule has 0 atom stereocenters. The van der Waals surface area contributed by atoms with Gasteiger partial charge in [0.05, 0.1) is 18.4 Å². The SMILES string of the molecule is CCOC(=O)c1ccc(/C=N\NC(=O)COc2c(C)cccc2C)cc1. The number of rotatable bonds is 7. The van der Waals surface area contributed by atoms with Gasteiger partial charge < -0.3 is 9.47 Å². The summed E-state index contributed by atoms with van der Waals surface area (Å²) in [5, 5.41) is 3.89. The van der Waals surface area contributed by atoms with Gasteiger partial charge in [-0.2, -0.15) is 5.10 Å². The Balaban J connectivity index is 1.84. The van der Waals surface area contributed by atoms with Crippen molar-refractivity contribution in [3.05, 3.63) is 64.7 Å². The first-order chi connectivity index (χ1) is 12.5. The number of nitrogens with one attached hydrogen (secondary N) is 1. The van der Waals surface area contributed by atoms with Crippen molar-refractivity contribution in [1.82, 2.24) is 5.43 Å². The lowest BCUT2D eigenvalue weighted by atomic mass is 10.1. The zero-order chi connectivity index (χ0) is 18.9. The molecule has 0 aromatic heterocycles. The Morgan fingerprint density at radius 1 is 1.08 bits per heavy atom. The average Bonchev–Trinajstić information content (AvgIpc) is 2.62. The molecule has 0 fully saturated rings. The van der Waals surface area contributed by atoms with E-state index in [9.17, 15) is 9.59 Å². The number of carbonyl (C=O) groups excluding carboxylic acids is 2. The molecule has 0 saturated carbocycles. The lowest BCUT2D eigenvalue weighted by Crippen LogP contribution is -2.25. The van der Waals surface area contributed by atoms with Crippen LogP contribution in [0.3, 0.4) is 0 Å². The Hall–Kier alpha value is -3.15. The third-order valence-corrected chi connectivity index (χ3v) is 3.58.